The van der Waals surface area contributed by atoms with Gasteiger partial charge in [0.1, 0.15) is 18.7 Å². The van der Waals surface area contributed by atoms with Crippen LogP contribution in [-0.4, -0.2) is 46.6 Å². The number of ether oxygens (including phenoxy) is 1. The standard InChI is InChI=1S/C19H21N5O2/c1-4-15-6-7-16(10-21)24(15)18(25)12-23-19(2,3)13-26-17-8-5-14(9-20)11-22-17/h1,5,8,11,15-16,23H,6-7,12-13H2,2-3H3/t15-,16+/m1/s1. The average molecular weight is 351 g/mol. The molecule has 1 aromatic rings. The lowest BCUT2D eigenvalue weighted by Crippen LogP contribution is -2.51. The van der Waals surface area contributed by atoms with E-state index in [1.807, 2.05) is 19.9 Å². The van der Waals surface area contributed by atoms with Gasteiger partial charge in [0.15, 0.2) is 0 Å². The molecule has 26 heavy (non-hydrogen) atoms. The number of nitrogens with one attached hydrogen (secondary N) is 1. The average Bonchev–Trinajstić information content (AvgIpc) is 3.08. The predicted molar refractivity (Wildman–Crippen MR) is 94.6 cm³/mol. The summed E-state index contributed by atoms with van der Waals surface area (Å²) in [6, 6.07) is 6.59. The van der Waals surface area contributed by atoms with Crippen LogP contribution in [0.5, 0.6) is 5.88 Å². The third kappa shape index (κ3) is 4.72. The summed E-state index contributed by atoms with van der Waals surface area (Å²) in [5, 5.41) is 21.1. The van der Waals surface area contributed by atoms with Gasteiger partial charge < -0.3 is 15.0 Å². The first-order chi connectivity index (χ1) is 12.4. The first-order valence-corrected chi connectivity index (χ1v) is 8.31. The van der Waals surface area contributed by atoms with Gasteiger partial charge in [0, 0.05) is 17.8 Å². The van der Waals surface area contributed by atoms with Crippen LogP contribution in [0.1, 0.15) is 32.3 Å². The van der Waals surface area contributed by atoms with Crippen LogP contribution in [0.2, 0.25) is 0 Å². The number of pyridine rings is 1. The summed E-state index contributed by atoms with van der Waals surface area (Å²) in [7, 11) is 0. The van der Waals surface area contributed by atoms with Crippen molar-refractivity contribution >= 4 is 5.91 Å². The Morgan fingerprint density at radius 1 is 1.42 bits per heavy atom. The van der Waals surface area contributed by atoms with Gasteiger partial charge in [-0.2, -0.15) is 10.5 Å². The highest BCUT2D eigenvalue weighted by Gasteiger charge is 2.36. The van der Waals surface area contributed by atoms with E-state index < -0.39 is 11.6 Å². The highest BCUT2D eigenvalue weighted by Crippen LogP contribution is 2.23. The number of rotatable bonds is 6. The number of hydrogen-bond donors (Lipinski definition) is 1. The number of amides is 1. The second kappa shape index (κ2) is 8.34. The molecule has 1 fully saturated rings. The van der Waals surface area contributed by atoms with Gasteiger partial charge in [-0.15, -0.1) is 6.42 Å². The maximum absolute atomic E-state index is 12.5. The zero-order chi connectivity index (χ0) is 19.2. The van der Waals surface area contributed by atoms with Crippen LogP contribution in [-0.2, 0) is 4.79 Å². The van der Waals surface area contributed by atoms with Gasteiger partial charge in [-0.25, -0.2) is 4.98 Å². The van der Waals surface area contributed by atoms with Gasteiger partial charge in [0.25, 0.3) is 0 Å². The van der Waals surface area contributed by atoms with Gasteiger partial charge in [-0.1, -0.05) is 5.92 Å². The normalized spacial score (nSPS) is 19.3. The fourth-order valence-corrected chi connectivity index (χ4v) is 2.69. The van der Waals surface area contributed by atoms with Gasteiger partial charge in [0.05, 0.1) is 24.2 Å². The largest absolute Gasteiger partial charge is 0.476 e. The van der Waals surface area contributed by atoms with Crippen molar-refractivity contribution in [2.45, 2.75) is 44.3 Å². The summed E-state index contributed by atoms with van der Waals surface area (Å²) >= 11 is 0. The summed E-state index contributed by atoms with van der Waals surface area (Å²) in [5.74, 6) is 2.79. The lowest BCUT2D eigenvalue weighted by molar-refractivity contribution is -0.131. The molecule has 2 rings (SSSR count). The fourth-order valence-electron chi connectivity index (χ4n) is 2.69. The highest BCUT2D eigenvalue weighted by atomic mass is 16.5. The van der Waals surface area contributed by atoms with Gasteiger partial charge in [0.2, 0.25) is 11.8 Å². The summed E-state index contributed by atoms with van der Waals surface area (Å²) < 4.78 is 5.62. The summed E-state index contributed by atoms with van der Waals surface area (Å²) in [6.07, 6.45) is 8.17. The Kier molecular flexibility index (Phi) is 6.17. The summed E-state index contributed by atoms with van der Waals surface area (Å²) in [4.78, 5) is 18.0. The summed E-state index contributed by atoms with van der Waals surface area (Å²) in [6.45, 7) is 4.13. The molecule has 0 unspecified atom stereocenters. The Morgan fingerprint density at radius 3 is 2.73 bits per heavy atom. The third-order valence-corrected chi connectivity index (χ3v) is 4.18. The highest BCUT2D eigenvalue weighted by molar-refractivity contribution is 5.80. The number of aromatic nitrogens is 1. The molecule has 1 aromatic heterocycles. The molecule has 1 amide bonds. The molecule has 7 heteroatoms. The zero-order valence-corrected chi connectivity index (χ0v) is 14.9. The van der Waals surface area contributed by atoms with Crippen molar-refractivity contribution in [1.82, 2.24) is 15.2 Å². The Bertz CT molecular complexity index is 745. The number of nitrogens with zero attached hydrogens (tertiary/aromatic N) is 4. The molecule has 134 valence electrons. The predicted octanol–water partition coefficient (Wildman–Crippen LogP) is 1.22. The van der Waals surface area contributed by atoms with E-state index >= 15 is 0 Å². The molecule has 2 heterocycles. The zero-order valence-electron chi connectivity index (χ0n) is 14.9. The maximum atomic E-state index is 12.5. The molecule has 7 nitrogen and oxygen atoms in total. The number of terminal acetylenes is 1. The lowest BCUT2D eigenvalue weighted by Gasteiger charge is -2.29. The van der Waals surface area contributed by atoms with E-state index in [1.165, 1.54) is 11.1 Å². The molecule has 0 radical (unpaired) electrons. The minimum Gasteiger partial charge on any atom is -0.476 e. The van der Waals surface area contributed by atoms with Crippen LogP contribution in [0.25, 0.3) is 0 Å². The van der Waals surface area contributed by atoms with Crippen LogP contribution in [0.3, 0.4) is 0 Å². The molecule has 1 aliphatic heterocycles. The second-order valence-corrected chi connectivity index (χ2v) is 6.73. The Hall–Kier alpha value is -3.08. The van der Waals surface area contributed by atoms with Gasteiger partial charge in [-0.05, 0) is 32.8 Å². The van der Waals surface area contributed by atoms with Crippen molar-refractivity contribution < 1.29 is 9.53 Å². The Balaban J connectivity index is 1.88. The van der Waals surface area contributed by atoms with E-state index in [-0.39, 0.29) is 25.1 Å². The molecule has 0 bridgehead atoms. The molecule has 2 atom stereocenters. The van der Waals surface area contributed by atoms with Crippen molar-refractivity contribution in [2.75, 3.05) is 13.2 Å². The quantitative estimate of drug-likeness (QED) is 0.773. The molecule has 1 saturated heterocycles. The van der Waals surface area contributed by atoms with Crippen molar-refractivity contribution in [2.24, 2.45) is 0 Å². The molecule has 0 aliphatic carbocycles. The van der Waals surface area contributed by atoms with E-state index in [2.05, 4.69) is 22.3 Å². The number of hydrogen-bond acceptors (Lipinski definition) is 6. The number of likely N-dealkylation sites (tertiary alicyclic amines) is 1. The first kappa shape index (κ1) is 19.2. The molecular weight excluding hydrogens is 330 g/mol. The molecular formula is C19H21N5O2. The van der Waals surface area contributed by atoms with Crippen molar-refractivity contribution in [3.05, 3.63) is 23.9 Å². The van der Waals surface area contributed by atoms with E-state index in [4.69, 9.17) is 16.4 Å². The molecule has 1 N–H and O–H groups in total. The molecule has 1 aliphatic rings. The third-order valence-electron chi connectivity index (χ3n) is 4.18. The van der Waals surface area contributed by atoms with Gasteiger partial charge in [-0.3, -0.25) is 4.79 Å². The SMILES string of the molecule is C#C[C@@H]1CC[C@@H](C#N)N1C(=O)CNC(C)(C)COc1ccc(C#N)cn1. The lowest BCUT2D eigenvalue weighted by atomic mass is 10.1. The first-order valence-electron chi connectivity index (χ1n) is 8.31. The number of nitriles is 2. The number of carbonyl (C=O) groups is 1. The summed E-state index contributed by atoms with van der Waals surface area (Å²) in [5.41, 5.74) is -0.0419. The van der Waals surface area contributed by atoms with Crippen LogP contribution in [0.4, 0.5) is 0 Å². The smallest absolute Gasteiger partial charge is 0.238 e. The van der Waals surface area contributed by atoms with E-state index in [0.717, 1.165) is 0 Å². The molecule has 0 spiro atoms. The van der Waals surface area contributed by atoms with Crippen LogP contribution < -0.4 is 10.1 Å². The molecule has 0 aromatic carbocycles. The Labute approximate surface area is 153 Å². The minimum atomic E-state index is -0.501. The van der Waals surface area contributed by atoms with Crippen molar-refractivity contribution in [1.29, 1.82) is 10.5 Å². The monoisotopic (exact) mass is 351 g/mol. The topological polar surface area (TPSA) is 102 Å². The molecule has 0 saturated carbocycles. The van der Waals surface area contributed by atoms with Crippen LogP contribution >= 0.6 is 0 Å². The van der Waals surface area contributed by atoms with E-state index in [0.29, 0.717) is 24.3 Å². The second-order valence-electron chi connectivity index (χ2n) is 6.73. The fraction of sp³-hybridized carbons (Fsp3) is 0.474. The number of carbonyl (C=O) groups excluding carboxylic acids is 1. The van der Waals surface area contributed by atoms with Crippen LogP contribution in [0.15, 0.2) is 18.3 Å². The van der Waals surface area contributed by atoms with E-state index in [1.54, 1.807) is 12.1 Å². The van der Waals surface area contributed by atoms with Crippen molar-refractivity contribution in [3.63, 3.8) is 0 Å². The van der Waals surface area contributed by atoms with Crippen molar-refractivity contribution in [3.8, 4) is 30.4 Å². The van der Waals surface area contributed by atoms with Gasteiger partial charge >= 0.3 is 0 Å². The maximum Gasteiger partial charge on any atom is 0.238 e. The van der Waals surface area contributed by atoms with Crippen LogP contribution in [0, 0.1) is 35.0 Å². The Morgan fingerprint density at radius 2 is 2.15 bits per heavy atom. The van der Waals surface area contributed by atoms with E-state index in [9.17, 15) is 10.1 Å². The minimum absolute atomic E-state index is 0.0630.